The van der Waals surface area contributed by atoms with Gasteiger partial charge in [-0.15, -0.1) is 0 Å². The van der Waals surface area contributed by atoms with Crippen LogP contribution in [0.4, 0.5) is 0 Å². The first-order chi connectivity index (χ1) is 13.1. The Morgan fingerprint density at radius 2 is 1.74 bits per heavy atom. The van der Waals surface area contributed by atoms with Crippen molar-refractivity contribution in [2.45, 2.75) is 38.2 Å². The van der Waals surface area contributed by atoms with Gasteiger partial charge >= 0.3 is 0 Å². The van der Waals surface area contributed by atoms with Crippen LogP contribution in [0.3, 0.4) is 0 Å². The van der Waals surface area contributed by atoms with Crippen LogP contribution in [0.2, 0.25) is 0 Å². The lowest BCUT2D eigenvalue weighted by Crippen LogP contribution is -2.43. The minimum Gasteiger partial charge on any atom is -0.494 e. The molecule has 0 radical (unpaired) electrons. The fourth-order valence-corrected chi connectivity index (χ4v) is 3.60. The molecule has 1 heterocycles. The van der Waals surface area contributed by atoms with E-state index in [0.717, 1.165) is 55.8 Å². The van der Waals surface area contributed by atoms with Gasteiger partial charge in [-0.05, 0) is 49.1 Å². The smallest absolute Gasteiger partial charge is 0.162 e. The summed E-state index contributed by atoms with van der Waals surface area (Å²) in [6.07, 6.45) is 3.00. The van der Waals surface area contributed by atoms with Gasteiger partial charge < -0.3 is 14.7 Å². The molecule has 2 aromatic rings. The third kappa shape index (κ3) is 5.18. The maximum Gasteiger partial charge on any atom is 0.162 e. The van der Waals surface area contributed by atoms with Crippen LogP contribution in [-0.2, 0) is 5.60 Å². The van der Waals surface area contributed by atoms with Crippen LogP contribution in [0.5, 0.6) is 5.75 Å². The van der Waals surface area contributed by atoms with Crippen molar-refractivity contribution in [2.75, 3.05) is 26.2 Å². The summed E-state index contributed by atoms with van der Waals surface area (Å²) in [4.78, 5) is 14.0. The maximum absolute atomic E-state index is 11.6. The fourth-order valence-electron chi connectivity index (χ4n) is 3.60. The molecule has 0 amide bonds. The van der Waals surface area contributed by atoms with E-state index in [-0.39, 0.29) is 5.78 Å². The number of carbonyl (C=O) groups is 1. The lowest BCUT2D eigenvalue weighted by molar-refractivity contribution is -0.0264. The highest BCUT2D eigenvalue weighted by atomic mass is 16.5. The number of hydrogen-bond acceptors (Lipinski definition) is 4. The Morgan fingerprint density at radius 1 is 1.07 bits per heavy atom. The summed E-state index contributed by atoms with van der Waals surface area (Å²) in [5, 5.41) is 10.9. The monoisotopic (exact) mass is 367 g/mol. The quantitative estimate of drug-likeness (QED) is 0.565. The van der Waals surface area contributed by atoms with E-state index in [9.17, 15) is 9.90 Å². The molecule has 1 aliphatic heterocycles. The molecule has 1 N–H and O–H groups in total. The van der Waals surface area contributed by atoms with Crippen molar-refractivity contribution in [1.82, 2.24) is 4.90 Å². The molecular formula is C23H29NO3. The Morgan fingerprint density at radius 3 is 2.37 bits per heavy atom. The van der Waals surface area contributed by atoms with Crippen molar-refractivity contribution < 1.29 is 14.6 Å². The summed E-state index contributed by atoms with van der Waals surface area (Å²) >= 11 is 0. The normalized spacial score (nSPS) is 16.8. The van der Waals surface area contributed by atoms with Gasteiger partial charge in [-0.3, -0.25) is 4.79 Å². The first kappa shape index (κ1) is 19.6. The Hall–Kier alpha value is -2.17. The predicted octanol–water partition coefficient (Wildman–Crippen LogP) is 4.03. The van der Waals surface area contributed by atoms with Gasteiger partial charge in [0.15, 0.2) is 5.78 Å². The Balaban J connectivity index is 1.38. The fraction of sp³-hybridized carbons (Fsp3) is 0.435. The first-order valence-electron chi connectivity index (χ1n) is 9.87. The van der Waals surface area contributed by atoms with Gasteiger partial charge in [-0.1, -0.05) is 37.3 Å². The van der Waals surface area contributed by atoms with E-state index in [2.05, 4.69) is 4.90 Å². The summed E-state index contributed by atoms with van der Waals surface area (Å²) in [6, 6.07) is 17.4. The van der Waals surface area contributed by atoms with Crippen molar-refractivity contribution >= 4 is 5.78 Å². The van der Waals surface area contributed by atoms with E-state index in [0.29, 0.717) is 13.0 Å². The van der Waals surface area contributed by atoms with Crippen LogP contribution in [-0.4, -0.2) is 42.0 Å². The Labute approximate surface area is 161 Å². The molecule has 0 spiro atoms. The zero-order valence-corrected chi connectivity index (χ0v) is 16.1. The third-order valence-corrected chi connectivity index (χ3v) is 5.38. The molecule has 2 aromatic carbocycles. The average molecular weight is 367 g/mol. The largest absolute Gasteiger partial charge is 0.494 e. The molecule has 0 aromatic heterocycles. The van der Waals surface area contributed by atoms with Crippen LogP contribution in [0.15, 0.2) is 54.6 Å². The van der Waals surface area contributed by atoms with Gasteiger partial charge in [-0.2, -0.15) is 0 Å². The highest BCUT2D eigenvalue weighted by Crippen LogP contribution is 2.32. The van der Waals surface area contributed by atoms with Crippen LogP contribution in [0.1, 0.15) is 48.5 Å². The summed E-state index contributed by atoms with van der Waals surface area (Å²) in [7, 11) is 0. The molecular weight excluding hydrogens is 338 g/mol. The van der Waals surface area contributed by atoms with Gasteiger partial charge in [0.1, 0.15) is 5.75 Å². The number of piperidine rings is 1. The minimum absolute atomic E-state index is 0.155. The lowest BCUT2D eigenvalue weighted by Gasteiger charge is -2.38. The number of Topliss-reactive ketones (excluding diaryl/α,β-unsaturated/α-hetero) is 1. The summed E-state index contributed by atoms with van der Waals surface area (Å²) in [5.41, 5.74) is 1.08. The van der Waals surface area contributed by atoms with E-state index in [1.54, 1.807) is 0 Å². The van der Waals surface area contributed by atoms with Crippen LogP contribution < -0.4 is 4.74 Å². The molecule has 0 aliphatic carbocycles. The van der Waals surface area contributed by atoms with Crippen LogP contribution in [0, 0.1) is 0 Å². The van der Waals surface area contributed by atoms with E-state index < -0.39 is 5.60 Å². The predicted molar refractivity (Wildman–Crippen MR) is 107 cm³/mol. The topological polar surface area (TPSA) is 49.8 Å². The van der Waals surface area contributed by atoms with Crippen molar-refractivity contribution in [2.24, 2.45) is 0 Å². The molecule has 1 saturated heterocycles. The summed E-state index contributed by atoms with van der Waals surface area (Å²) in [6.45, 7) is 5.30. The molecule has 1 aliphatic rings. The summed E-state index contributed by atoms with van der Waals surface area (Å²) < 4.78 is 5.79. The van der Waals surface area contributed by atoms with E-state index in [4.69, 9.17) is 4.74 Å². The molecule has 0 unspecified atom stereocenters. The van der Waals surface area contributed by atoms with E-state index in [1.807, 2.05) is 61.5 Å². The van der Waals surface area contributed by atoms with Gasteiger partial charge in [0.25, 0.3) is 0 Å². The summed E-state index contributed by atoms with van der Waals surface area (Å²) in [5.74, 6) is 0.960. The molecule has 4 nitrogen and oxygen atoms in total. The van der Waals surface area contributed by atoms with Crippen LogP contribution in [0.25, 0.3) is 0 Å². The third-order valence-electron chi connectivity index (χ3n) is 5.38. The zero-order valence-electron chi connectivity index (χ0n) is 16.1. The number of aliphatic hydroxyl groups is 1. The van der Waals surface area contributed by atoms with Crippen molar-refractivity contribution in [3.8, 4) is 5.75 Å². The second kappa shape index (κ2) is 9.16. The number of likely N-dealkylation sites (tertiary alicyclic amines) is 1. The number of hydrogen-bond donors (Lipinski definition) is 1. The molecule has 0 saturated carbocycles. The zero-order chi connectivity index (χ0) is 19.1. The number of ketones is 1. The average Bonchev–Trinajstić information content (AvgIpc) is 2.73. The first-order valence-corrected chi connectivity index (χ1v) is 9.87. The molecule has 4 heteroatoms. The lowest BCUT2D eigenvalue weighted by atomic mass is 9.84. The number of nitrogens with zero attached hydrogens (tertiary/aromatic N) is 1. The Bertz CT molecular complexity index is 719. The van der Waals surface area contributed by atoms with Crippen molar-refractivity contribution in [3.05, 3.63) is 65.7 Å². The molecule has 27 heavy (non-hydrogen) atoms. The molecule has 0 bridgehead atoms. The molecule has 144 valence electrons. The second-order valence-corrected chi connectivity index (χ2v) is 7.24. The Kier molecular flexibility index (Phi) is 6.64. The van der Waals surface area contributed by atoms with Gasteiger partial charge in [0.2, 0.25) is 0 Å². The van der Waals surface area contributed by atoms with Gasteiger partial charge in [-0.25, -0.2) is 0 Å². The number of rotatable bonds is 8. The van der Waals surface area contributed by atoms with Gasteiger partial charge in [0.05, 0.1) is 12.2 Å². The molecule has 1 fully saturated rings. The highest BCUT2D eigenvalue weighted by molar-refractivity contribution is 5.95. The minimum atomic E-state index is -0.689. The van der Waals surface area contributed by atoms with E-state index in [1.165, 1.54) is 0 Å². The standard InChI is InChI=1S/C23H29NO3/c1-2-22(25)19-9-11-21(12-10-19)27-18-6-15-24-16-13-23(26,14-17-24)20-7-4-3-5-8-20/h3-5,7-12,26H,2,6,13-18H2,1H3. The SMILES string of the molecule is CCC(=O)c1ccc(OCCCN2CCC(O)(c3ccccc3)CC2)cc1. The number of ether oxygens (including phenoxy) is 1. The number of benzene rings is 2. The van der Waals surface area contributed by atoms with Crippen LogP contribution >= 0.6 is 0 Å². The molecule has 0 atom stereocenters. The maximum atomic E-state index is 11.6. The second-order valence-electron chi connectivity index (χ2n) is 7.24. The van der Waals surface area contributed by atoms with E-state index >= 15 is 0 Å². The number of carbonyl (C=O) groups excluding carboxylic acids is 1. The van der Waals surface area contributed by atoms with Crippen molar-refractivity contribution in [1.29, 1.82) is 0 Å². The van der Waals surface area contributed by atoms with Crippen molar-refractivity contribution in [3.63, 3.8) is 0 Å². The van der Waals surface area contributed by atoms with Gasteiger partial charge in [0, 0.05) is 31.6 Å². The molecule has 3 rings (SSSR count). The highest BCUT2D eigenvalue weighted by Gasteiger charge is 2.33.